The summed E-state index contributed by atoms with van der Waals surface area (Å²) in [7, 11) is 1.15. The Bertz CT molecular complexity index is 491. The largest absolute Gasteiger partial charge is 0.481 e. The summed E-state index contributed by atoms with van der Waals surface area (Å²) >= 11 is 0. The number of aromatic carboxylic acids is 1. The second-order valence-corrected chi connectivity index (χ2v) is 3.57. The first-order valence-electron chi connectivity index (χ1n) is 5.12. The van der Waals surface area contributed by atoms with Gasteiger partial charge in [0, 0.05) is 6.42 Å². The molecule has 0 radical (unpaired) electrons. The summed E-state index contributed by atoms with van der Waals surface area (Å²) in [5.74, 6) is -2.96. The molecule has 0 heterocycles. The minimum atomic E-state index is -1.24. The Labute approximate surface area is 103 Å². The lowest BCUT2D eigenvalue weighted by atomic mass is 10.0. The fourth-order valence-electron chi connectivity index (χ4n) is 1.46. The first-order chi connectivity index (χ1) is 8.45. The molecule has 1 aromatic carbocycles. The number of carboxylic acid groups (broad SMARTS) is 2. The van der Waals surface area contributed by atoms with E-state index in [1.165, 1.54) is 18.2 Å². The maximum Gasteiger partial charge on any atom is 0.338 e. The number of methoxy groups -OCH3 is 1. The van der Waals surface area contributed by atoms with Gasteiger partial charge in [0.25, 0.3) is 0 Å². The predicted molar refractivity (Wildman–Crippen MR) is 60.7 cm³/mol. The maximum atomic E-state index is 11.4. The molecule has 6 nitrogen and oxygen atoms in total. The summed E-state index contributed by atoms with van der Waals surface area (Å²) in [5.41, 5.74) is 0.330. The number of carbonyl (C=O) groups excluding carboxylic acids is 1. The summed E-state index contributed by atoms with van der Waals surface area (Å²) in [6.45, 7) is 0. The summed E-state index contributed by atoms with van der Waals surface area (Å²) in [6.07, 6.45) is 0.131. The highest BCUT2D eigenvalue weighted by Gasteiger charge is 2.17. The van der Waals surface area contributed by atoms with Crippen molar-refractivity contribution in [1.82, 2.24) is 0 Å². The number of benzene rings is 1. The van der Waals surface area contributed by atoms with Gasteiger partial charge in [0.2, 0.25) is 0 Å². The van der Waals surface area contributed by atoms with Crippen LogP contribution in [-0.2, 0) is 16.0 Å². The second kappa shape index (κ2) is 5.81. The summed E-state index contributed by atoms with van der Waals surface area (Å²) < 4.78 is 4.49. The van der Waals surface area contributed by atoms with Crippen molar-refractivity contribution in [3.05, 3.63) is 34.9 Å². The van der Waals surface area contributed by atoms with Crippen molar-refractivity contribution >= 4 is 17.9 Å². The molecule has 0 aliphatic heterocycles. The van der Waals surface area contributed by atoms with E-state index in [4.69, 9.17) is 10.2 Å². The molecule has 18 heavy (non-hydrogen) atoms. The fourth-order valence-corrected chi connectivity index (χ4v) is 1.46. The number of carboxylic acids is 2. The third-order valence-electron chi connectivity index (χ3n) is 2.35. The van der Waals surface area contributed by atoms with Gasteiger partial charge in [-0.3, -0.25) is 4.79 Å². The summed E-state index contributed by atoms with van der Waals surface area (Å²) in [4.78, 5) is 32.8. The highest BCUT2D eigenvalue weighted by atomic mass is 16.5. The van der Waals surface area contributed by atoms with Crippen LogP contribution in [0.2, 0.25) is 0 Å². The van der Waals surface area contributed by atoms with E-state index in [0.717, 1.165) is 7.11 Å². The van der Waals surface area contributed by atoms with E-state index in [2.05, 4.69) is 4.74 Å². The Morgan fingerprint density at radius 3 is 2.33 bits per heavy atom. The Morgan fingerprint density at radius 1 is 1.17 bits per heavy atom. The Kier molecular flexibility index (Phi) is 4.42. The van der Waals surface area contributed by atoms with Gasteiger partial charge >= 0.3 is 17.9 Å². The molecular weight excluding hydrogens is 240 g/mol. The molecule has 6 heteroatoms. The second-order valence-electron chi connectivity index (χ2n) is 3.57. The van der Waals surface area contributed by atoms with Crippen molar-refractivity contribution in [2.75, 3.05) is 7.11 Å². The van der Waals surface area contributed by atoms with Gasteiger partial charge in [-0.1, -0.05) is 6.07 Å². The molecule has 0 amide bonds. The zero-order valence-electron chi connectivity index (χ0n) is 9.67. The van der Waals surface area contributed by atoms with E-state index >= 15 is 0 Å². The topological polar surface area (TPSA) is 101 Å². The highest BCUT2D eigenvalue weighted by Crippen LogP contribution is 2.15. The number of carbonyl (C=O) groups is 3. The number of hydrogen-bond acceptors (Lipinski definition) is 4. The third-order valence-corrected chi connectivity index (χ3v) is 2.35. The molecule has 0 fully saturated rings. The minimum Gasteiger partial charge on any atom is -0.481 e. The lowest BCUT2D eigenvalue weighted by Gasteiger charge is -2.06. The van der Waals surface area contributed by atoms with E-state index < -0.39 is 17.9 Å². The molecule has 0 aromatic heterocycles. The maximum absolute atomic E-state index is 11.4. The van der Waals surface area contributed by atoms with Gasteiger partial charge in [0.1, 0.15) is 0 Å². The van der Waals surface area contributed by atoms with Crippen molar-refractivity contribution in [2.24, 2.45) is 0 Å². The van der Waals surface area contributed by atoms with Crippen LogP contribution in [0.4, 0.5) is 0 Å². The van der Waals surface area contributed by atoms with Crippen molar-refractivity contribution in [3.8, 4) is 0 Å². The molecule has 0 unspecified atom stereocenters. The molecule has 0 saturated carbocycles. The van der Waals surface area contributed by atoms with Crippen LogP contribution in [0, 0.1) is 0 Å². The Morgan fingerprint density at radius 2 is 1.83 bits per heavy atom. The van der Waals surface area contributed by atoms with Crippen LogP contribution < -0.4 is 0 Å². The average molecular weight is 252 g/mol. The molecule has 0 aliphatic carbocycles. The van der Waals surface area contributed by atoms with Gasteiger partial charge in [-0.05, 0) is 24.1 Å². The van der Waals surface area contributed by atoms with Crippen LogP contribution in [0.15, 0.2) is 18.2 Å². The standard InChI is InChI=1S/C12H12O6/c1-18-12(17)9-6-7(3-5-10(13)14)2-4-8(9)11(15)16/h2,4,6H,3,5H2,1H3,(H,13,14)(H,15,16). The number of aliphatic carboxylic acids is 1. The van der Waals surface area contributed by atoms with Crippen molar-refractivity contribution < 1.29 is 29.3 Å². The van der Waals surface area contributed by atoms with Crippen molar-refractivity contribution in [1.29, 1.82) is 0 Å². The lowest BCUT2D eigenvalue weighted by molar-refractivity contribution is -0.136. The molecule has 2 N–H and O–H groups in total. The first-order valence-corrected chi connectivity index (χ1v) is 5.12. The molecule has 1 aromatic rings. The molecular formula is C12H12O6. The monoisotopic (exact) mass is 252 g/mol. The number of rotatable bonds is 5. The van der Waals surface area contributed by atoms with E-state index in [0.29, 0.717) is 5.56 Å². The summed E-state index contributed by atoms with van der Waals surface area (Å²) in [5, 5.41) is 17.5. The fraction of sp³-hybridized carbons (Fsp3) is 0.250. The van der Waals surface area contributed by atoms with E-state index in [9.17, 15) is 14.4 Å². The van der Waals surface area contributed by atoms with Gasteiger partial charge < -0.3 is 14.9 Å². The Balaban J connectivity index is 3.09. The number of hydrogen-bond donors (Lipinski definition) is 2. The van der Waals surface area contributed by atoms with E-state index in [1.54, 1.807) is 0 Å². The molecule has 0 atom stereocenters. The van der Waals surface area contributed by atoms with Gasteiger partial charge in [-0.25, -0.2) is 9.59 Å². The smallest absolute Gasteiger partial charge is 0.338 e. The van der Waals surface area contributed by atoms with E-state index in [1.807, 2.05) is 0 Å². The van der Waals surface area contributed by atoms with Crippen LogP contribution in [0.1, 0.15) is 32.7 Å². The average Bonchev–Trinajstić information content (AvgIpc) is 2.34. The molecule has 96 valence electrons. The minimum absolute atomic E-state index is 0.0760. The number of ether oxygens (including phenoxy) is 1. The molecule has 0 saturated heterocycles. The van der Waals surface area contributed by atoms with Crippen LogP contribution in [-0.4, -0.2) is 35.2 Å². The highest BCUT2D eigenvalue weighted by molar-refractivity contribution is 6.02. The molecule has 1 rings (SSSR count). The first kappa shape index (κ1) is 13.7. The van der Waals surface area contributed by atoms with Crippen LogP contribution >= 0.6 is 0 Å². The van der Waals surface area contributed by atoms with Crippen LogP contribution in [0.25, 0.3) is 0 Å². The van der Waals surface area contributed by atoms with Gasteiger partial charge in [0.05, 0.1) is 18.2 Å². The van der Waals surface area contributed by atoms with Gasteiger partial charge in [-0.15, -0.1) is 0 Å². The quantitative estimate of drug-likeness (QED) is 0.763. The summed E-state index contributed by atoms with van der Waals surface area (Å²) in [6, 6.07) is 4.10. The molecule has 0 aliphatic rings. The normalized spacial score (nSPS) is 9.83. The SMILES string of the molecule is COC(=O)c1cc(CCC(=O)O)ccc1C(=O)O. The number of aryl methyl sites for hydroxylation is 1. The van der Waals surface area contributed by atoms with Crippen molar-refractivity contribution in [3.63, 3.8) is 0 Å². The zero-order chi connectivity index (χ0) is 13.7. The molecule has 0 spiro atoms. The third kappa shape index (κ3) is 3.31. The van der Waals surface area contributed by atoms with E-state index in [-0.39, 0.29) is 24.0 Å². The zero-order valence-corrected chi connectivity index (χ0v) is 9.67. The lowest BCUT2D eigenvalue weighted by Crippen LogP contribution is -2.11. The van der Waals surface area contributed by atoms with Crippen LogP contribution in [0.3, 0.4) is 0 Å². The van der Waals surface area contributed by atoms with Gasteiger partial charge in [0.15, 0.2) is 0 Å². The number of esters is 1. The molecule has 0 bridgehead atoms. The van der Waals surface area contributed by atoms with Crippen LogP contribution in [0.5, 0.6) is 0 Å². The predicted octanol–water partition coefficient (Wildman–Crippen LogP) is 1.19. The Hall–Kier alpha value is -2.37. The van der Waals surface area contributed by atoms with Gasteiger partial charge in [-0.2, -0.15) is 0 Å². The van der Waals surface area contributed by atoms with Crippen molar-refractivity contribution in [2.45, 2.75) is 12.8 Å².